The highest BCUT2D eigenvalue weighted by Gasteiger charge is 2.45. The van der Waals surface area contributed by atoms with Gasteiger partial charge in [-0.2, -0.15) is 10.6 Å². The van der Waals surface area contributed by atoms with Crippen molar-refractivity contribution in [2.24, 2.45) is 22.1 Å². The Kier molecular flexibility index (Phi) is 10.4. The molecule has 0 unspecified atom stereocenters. The predicted octanol–water partition coefficient (Wildman–Crippen LogP) is 5.88. The molecule has 2 aromatic carbocycles. The molecule has 5 atom stereocenters. The van der Waals surface area contributed by atoms with E-state index >= 15 is 0 Å². The smallest absolute Gasteiger partial charge is 0.320 e. The summed E-state index contributed by atoms with van der Waals surface area (Å²) in [5.74, 6) is 0.858. The average Bonchev–Trinajstić information content (AvgIpc) is 3.20. The van der Waals surface area contributed by atoms with Gasteiger partial charge < -0.3 is 27.8 Å². The third-order valence-electron chi connectivity index (χ3n) is 11.3. The van der Waals surface area contributed by atoms with Gasteiger partial charge in [0.25, 0.3) is 5.91 Å². The molecule has 264 valence electrons. The Hall–Kier alpha value is -2.92. The van der Waals surface area contributed by atoms with E-state index < -0.39 is 16.5 Å². The number of fused-ring (bicyclic) bond motifs is 4. The number of amides is 1. The number of carbonyl (C=O) groups is 2. The second kappa shape index (κ2) is 14.7. The number of benzene rings is 2. The quantitative estimate of drug-likeness (QED) is 0.222. The highest BCUT2D eigenvalue weighted by molar-refractivity contribution is 7.75. The fraction of sp³-hybridized carbons (Fsp3) is 0.579. The lowest BCUT2D eigenvalue weighted by molar-refractivity contribution is -0.153. The van der Waals surface area contributed by atoms with E-state index in [1.54, 1.807) is 6.07 Å². The number of nitrogens with zero attached hydrogens (tertiary/aromatic N) is 4. The van der Waals surface area contributed by atoms with E-state index in [-0.39, 0.29) is 41.0 Å². The van der Waals surface area contributed by atoms with Crippen LogP contribution in [0.3, 0.4) is 0 Å². The van der Waals surface area contributed by atoms with Gasteiger partial charge in [-0.05, 0) is 99.0 Å². The Morgan fingerprint density at radius 1 is 1.14 bits per heavy atom. The van der Waals surface area contributed by atoms with Crippen LogP contribution in [-0.4, -0.2) is 93.0 Å². The minimum Gasteiger partial charge on any atom is -0.490 e. The Bertz CT molecular complexity index is 1690. The summed E-state index contributed by atoms with van der Waals surface area (Å²) in [5.41, 5.74) is 3.57. The van der Waals surface area contributed by atoms with Crippen LogP contribution >= 0.6 is 11.6 Å². The minimum atomic E-state index is -1.66. The van der Waals surface area contributed by atoms with Crippen LogP contribution in [0.15, 0.2) is 52.9 Å². The largest absolute Gasteiger partial charge is 0.490 e. The van der Waals surface area contributed by atoms with E-state index in [0.29, 0.717) is 25.1 Å². The molecule has 49 heavy (non-hydrogen) atoms. The SMILES string of the molecule is C[C@H]1C/C=C/[C@H](OC(=O)CN2CCN(C)CC2)[C@@H]2CC[C@H]2CN2C[C@@]3(CCCc4cc(Cl)ccc43)COc3ccc(cc32)C(=O)N=[S-](=O)C1. The maximum Gasteiger partial charge on any atom is 0.320 e. The second-order valence-electron chi connectivity index (χ2n) is 15.0. The lowest BCUT2D eigenvalue weighted by atomic mass is 9.68. The maximum atomic E-state index is 13.4. The van der Waals surface area contributed by atoms with E-state index in [2.05, 4.69) is 50.4 Å². The summed E-state index contributed by atoms with van der Waals surface area (Å²) in [4.78, 5) is 33.6. The summed E-state index contributed by atoms with van der Waals surface area (Å²) < 4.78 is 30.0. The lowest BCUT2D eigenvalue weighted by Gasteiger charge is -2.46. The number of rotatable bonds is 3. The molecule has 2 aliphatic carbocycles. The summed E-state index contributed by atoms with van der Waals surface area (Å²) in [7, 11) is 0.451. The van der Waals surface area contributed by atoms with E-state index in [9.17, 15) is 13.8 Å². The molecular formula is C38H48ClN4O5S-. The number of allylic oxidation sites excluding steroid dienone is 1. The molecular weight excluding hydrogens is 660 g/mol. The fourth-order valence-corrected chi connectivity index (χ4v) is 9.55. The number of esters is 1. The van der Waals surface area contributed by atoms with Crippen molar-refractivity contribution in [3.63, 3.8) is 0 Å². The van der Waals surface area contributed by atoms with Crippen molar-refractivity contribution in [1.29, 1.82) is 0 Å². The predicted molar refractivity (Wildman–Crippen MR) is 193 cm³/mol. The second-order valence-corrected chi connectivity index (χ2v) is 16.6. The Morgan fingerprint density at radius 2 is 1.98 bits per heavy atom. The van der Waals surface area contributed by atoms with Gasteiger partial charge >= 0.3 is 5.97 Å². The zero-order valence-electron chi connectivity index (χ0n) is 28.7. The van der Waals surface area contributed by atoms with E-state index in [1.807, 2.05) is 25.1 Å². The Balaban J connectivity index is 1.22. The van der Waals surface area contributed by atoms with Gasteiger partial charge in [-0.25, -0.2) is 0 Å². The van der Waals surface area contributed by atoms with Crippen molar-refractivity contribution >= 4 is 39.8 Å². The molecule has 7 rings (SSSR count). The van der Waals surface area contributed by atoms with Crippen LogP contribution in [0.4, 0.5) is 5.69 Å². The number of hydrogen-bond donors (Lipinski definition) is 0. The maximum absolute atomic E-state index is 13.4. The van der Waals surface area contributed by atoms with E-state index in [1.165, 1.54) is 11.1 Å². The van der Waals surface area contributed by atoms with E-state index in [4.69, 9.17) is 21.1 Å². The average molecular weight is 708 g/mol. The number of halogens is 1. The van der Waals surface area contributed by atoms with Crippen molar-refractivity contribution in [2.75, 3.05) is 70.1 Å². The first-order valence-electron chi connectivity index (χ1n) is 17.9. The summed E-state index contributed by atoms with van der Waals surface area (Å²) in [6.45, 7) is 7.89. The molecule has 0 radical (unpaired) electrons. The summed E-state index contributed by atoms with van der Waals surface area (Å²) in [6.07, 6.45) is 9.46. The number of piperazine rings is 1. The zero-order chi connectivity index (χ0) is 34.1. The number of aryl methyl sites for hydroxylation is 1. The molecule has 2 fully saturated rings. The molecule has 5 aliphatic rings. The number of anilines is 1. The molecule has 2 aromatic rings. The third kappa shape index (κ3) is 7.72. The lowest BCUT2D eigenvalue weighted by Crippen LogP contribution is -2.50. The molecule has 11 heteroatoms. The molecule has 3 heterocycles. The van der Waals surface area contributed by atoms with Crippen LogP contribution < -0.4 is 9.64 Å². The van der Waals surface area contributed by atoms with Crippen LogP contribution in [0.1, 0.15) is 60.5 Å². The number of likely N-dealkylation sites (N-methyl/N-ethyl adjacent to an activating group) is 1. The normalized spacial score (nSPS) is 30.6. The third-order valence-corrected chi connectivity index (χ3v) is 12.8. The standard InChI is InChI=1S/C38H48ClN4O5S/c1-26-5-3-7-34(48-36(44)22-42-17-15-41(2)16-18-42)31-11-8-29(31)21-43-24-38(14-4-6-27-19-30(39)10-12-32(27)38)25-47-35-13-9-28(20-33(35)43)37(45)40-49(46)23-26/h3,7,9-10,12-13,19-20,26,29,31,34H,4-6,8,11,14-18,21-25H2,1-2H3/q-1/b7-3+/t26-,29-,31+,34-,38-/m0/s1. The first kappa shape index (κ1) is 34.5. The molecule has 3 aliphatic heterocycles. The van der Waals surface area contributed by atoms with Gasteiger partial charge in [0.2, 0.25) is 0 Å². The van der Waals surface area contributed by atoms with Gasteiger partial charge in [0, 0.05) is 61.2 Å². The molecule has 0 N–H and O–H groups in total. The van der Waals surface area contributed by atoms with Crippen molar-refractivity contribution < 1.29 is 23.3 Å². The summed E-state index contributed by atoms with van der Waals surface area (Å²) in [5, 5.41) is 0.746. The molecule has 1 saturated heterocycles. The van der Waals surface area contributed by atoms with Gasteiger partial charge in [0.05, 0.1) is 18.8 Å². The van der Waals surface area contributed by atoms with Crippen LogP contribution in [-0.2, 0) is 36.2 Å². The molecule has 0 aromatic heterocycles. The summed E-state index contributed by atoms with van der Waals surface area (Å²) in [6, 6.07) is 11.7. The van der Waals surface area contributed by atoms with Crippen LogP contribution in [0.2, 0.25) is 5.02 Å². The highest BCUT2D eigenvalue weighted by Crippen LogP contribution is 2.47. The molecule has 2 bridgehead atoms. The molecule has 1 spiro atoms. The van der Waals surface area contributed by atoms with E-state index in [0.717, 1.165) is 87.8 Å². The minimum absolute atomic E-state index is 0.0424. The van der Waals surface area contributed by atoms with Crippen molar-refractivity contribution in [2.45, 2.75) is 57.0 Å². The van der Waals surface area contributed by atoms with Crippen LogP contribution in [0.25, 0.3) is 0 Å². The summed E-state index contributed by atoms with van der Waals surface area (Å²) >= 11 is 6.46. The molecule has 1 amide bonds. The van der Waals surface area contributed by atoms with Gasteiger partial charge in [-0.15, -0.1) is 0 Å². The first-order chi connectivity index (χ1) is 23.7. The zero-order valence-corrected chi connectivity index (χ0v) is 30.2. The van der Waals surface area contributed by atoms with Crippen molar-refractivity contribution in [1.82, 2.24) is 9.80 Å². The number of ether oxygens (including phenoxy) is 2. The van der Waals surface area contributed by atoms with Crippen molar-refractivity contribution in [3.05, 3.63) is 70.3 Å². The topological polar surface area (TPSA) is 91.8 Å². The first-order valence-corrected chi connectivity index (χ1v) is 19.5. The highest BCUT2D eigenvalue weighted by atomic mass is 35.5. The van der Waals surface area contributed by atoms with Crippen LogP contribution in [0.5, 0.6) is 5.75 Å². The molecule has 9 nitrogen and oxygen atoms in total. The monoisotopic (exact) mass is 707 g/mol. The van der Waals surface area contributed by atoms with Gasteiger partial charge in [0.15, 0.2) is 0 Å². The van der Waals surface area contributed by atoms with Crippen molar-refractivity contribution in [3.8, 4) is 5.75 Å². The molecule has 1 saturated carbocycles. The number of carbonyl (C=O) groups excluding carboxylic acids is 2. The van der Waals surface area contributed by atoms with Gasteiger partial charge in [-0.1, -0.05) is 42.3 Å². The van der Waals surface area contributed by atoms with Crippen LogP contribution in [0, 0.1) is 17.8 Å². The fourth-order valence-electron chi connectivity index (χ4n) is 8.37. The number of hydrogen-bond acceptors (Lipinski definition) is 9. The van der Waals surface area contributed by atoms with Gasteiger partial charge in [-0.3, -0.25) is 14.5 Å². The Morgan fingerprint density at radius 3 is 2.78 bits per heavy atom. The van der Waals surface area contributed by atoms with Gasteiger partial charge in [0.1, 0.15) is 11.9 Å². The Labute approximate surface area is 297 Å².